The first-order valence-electron chi connectivity index (χ1n) is 6.36. The minimum atomic E-state index is 0.803. The van der Waals surface area contributed by atoms with Gasteiger partial charge in [0.25, 0.3) is 0 Å². The van der Waals surface area contributed by atoms with Crippen LogP contribution in [-0.4, -0.2) is 11.5 Å². The molecule has 1 aromatic heterocycles. The molecule has 0 spiro atoms. The second-order valence-electron chi connectivity index (χ2n) is 4.23. The molecule has 4 heteroatoms. The Morgan fingerprint density at radius 3 is 2.68 bits per heavy atom. The first-order chi connectivity index (χ1) is 9.29. The van der Waals surface area contributed by atoms with E-state index in [9.17, 15) is 0 Å². The number of pyridine rings is 1. The molecule has 0 unspecified atom stereocenters. The van der Waals surface area contributed by atoms with Crippen LogP contribution in [0.1, 0.15) is 18.9 Å². The quantitative estimate of drug-likeness (QED) is 0.800. The van der Waals surface area contributed by atoms with Crippen molar-refractivity contribution in [3.8, 4) is 0 Å². The average Bonchev–Trinajstić information content (AvgIpc) is 2.43. The Bertz CT molecular complexity index is 517. The van der Waals surface area contributed by atoms with Gasteiger partial charge in [-0.3, -0.25) is 4.98 Å². The lowest BCUT2D eigenvalue weighted by Crippen LogP contribution is -2.13. The fraction of sp³-hybridized carbons (Fsp3) is 0.267. The summed E-state index contributed by atoms with van der Waals surface area (Å²) in [6, 6.07) is 10.2. The minimum Gasteiger partial charge on any atom is -0.313 e. The standard InChI is InChI=1S/C15H17ClN2S/c1-2-7-18-11-12-3-4-15(14(16)10-12)19-13-5-8-17-9-6-13/h3-6,8-10,18H,2,7,11H2,1H3. The number of rotatable bonds is 6. The van der Waals surface area contributed by atoms with Crippen molar-refractivity contribution in [2.75, 3.05) is 6.54 Å². The van der Waals surface area contributed by atoms with E-state index in [1.165, 1.54) is 5.56 Å². The molecular formula is C15H17ClN2S. The minimum absolute atomic E-state index is 0.803. The Labute approximate surface area is 123 Å². The lowest BCUT2D eigenvalue weighted by Gasteiger charge is -2.07. The van der Waals surface area contributed by atoms with Gasteiger partial charge in [-0.2, -0.15) is 0 Å². The molecule has 1 aromatic carbocycles. The van der Waals surface area contributed by atoms with E-state index in [-0.39, 0.29) is 0 Å². The topological polar surface area (TPSA) is 24.9 Å². The van der Waals surface area contributed by atoms with Crippen molar-refractivity contribution in [1.82, 2.24) is 10.3 Å². The number of hydrogen-bond donors (Lipinski definition) is 1. The van der Waals surface area contributed by atoms with Gasteiger partial charge in [0, 0.05) is 28.7 Å². The molecule has 2 rings (SSSR count). The number of nitrogens with one attached hydrogen (secondary N) is 1. The van der Waals surface area contributed by atoms with Crippen LogP contribution >= 0.6 is 23.4 Å². The Morgan fingerprint density at radius 2 is 2.00 bits per heavy atom. The molecule has 1 heterocycles. The van der Waals surface area contributed by atoms with Gasteiger partial charge in [-0.1, -0.05) is 36.4 Å². The molecule has 0 aliphatic carbocycles. The first-order valence-corrected chi connectivity index (χ1v) is 7.56. The van der Waals surface area contributed by atoms with Gasteiger partial charge in [-0.05, 0) is 42.8 Å². The molecule has 100 valence electrons. The van der Waals surface area contributed by atoms with Gasteiger partial charge >= 0.3 is 0 Å². The third-order valence-electron chi connectivity index (χ3n) is 2.63. The Balaban J connectivity index is 2.03. The third kappa shape index (κ3) is 4.53. The molecule has 2 aromatic rings. The normalized spacial score (nSPS) is 10.6. The maximum absolute atomic E-state index is 6.33. The number of halogens is 1. The summed E-state index contributed by atoms with van der Waals surface area (Å²) in [6.45, 7) is 4.06. The predicted octanol–water partition coefficient (Wildman–Crippen LogP) is 4.39. The second kappa shape index (κ2) is 7.53. The molecule has 0 radical (unpaired) electrons. The average molecular weight is 293 g/mol. The molecule has 19 heavy (non-hydrogen) atoms. The van der Waals surface area contributed by atoms with E-state index in [0.717, 1.165) is 34.3 Å². The van der Waals surface area contributed by atoms with Crippen LogP contribution in [0, 0.1) is 0 Å². The van der Waals surface area contributed by atoms with Crippen molar-refractivity contribution in [3.63, 3.8) is 0 Å². The van der Waals surface area contributed by atoms with E-state index in [4.69, 9.17) is 11.6 Å². The van der Waals surface area contributed by atoms with Crippen molar-refractivity contribution in [2.24, 2.45) is 0 Å². The maximum Gasteiger partial charge on any atom is 0.0548 e. The molecular weight excluding hydrogens is 276 g/mol. The van der Waals surface area contributed by atoms with Crippen LogP contribution < -0.4 is 5.32 Å². The van der Waals surface area contributed by atoms with Crippen molar-refractivity contribution < 1.29 is 0 Å². The lowest BCUT2D eigenvalue weighted by atomic mass is 10.2. The first kappa shape index (κ1) is 14.4. The summed E-state index contributed by atoms with van der Waals surface area (Å²) in [5.41, 5.74) is 1.22. The number of benzene rings is 1. The van der Waals surface area contributed by atoms with Crippen LogP contribution in [0.2, 0.25) is 5.02 Å². The summed E-state index contributed by atoms with van der Waals surface area (Å²) >= 11 is 7.99. The Hall–Kier alpha value is -1.03. The molecule has 0 amide bonds. The van der Waals surface area contributed by atoms with E-state index in [1.807, 2.05) is 18.2 Å². The summed E-state index contributed by atoms with van der Waals surface area (Å²) < 4.78 is 0. The summed E-state index contributed by atoms with van der Waals surface area (Å²) in [4.78, 5) is 6.23. The van der Waals surface area contributed by atoms with Crippen LogP contribution in [0.5, 0.6) is 0 Å². The Kier molecular flexibility index (Phi) is 5.70. The molecule has 2 nitrogen and oxygen atoms in total. The summed E-state index contributed by atoms with van der Waals surface area (Å²) in [5.74, 6) is 0. The van der Waals surface area contributed by atoms with Crippen LogP contribution in [0.25, 0.3) is 0 Å². The third-order valence-corrected chi connectivity index (χ3v) is 4.14. The van der Waals surface area contributed by atoms with Gasteiger partial charge in [0.15, 0.2) is 0 Å². The van der Waals surface area contributed by atoms with Gasteiger partial charge < -0.3 is 5.32 Å². The van der Waals surface area contributed by atoms with Gasteiger partial charge in [-0.15, -0.1) is 0 Å². The van der Waals surface area contributed by atoms with Gasteiger partial charge in [0.2, 0.25) is 0 Å². The van der Waals surface area contributed by atoms with E-state index < -0.39 is 0 Å². The monoisotopic (exact) mass is 292 g/mol. The molecule has 0 bridgehead atoms. The molecule has 0 saturated carbocycles. The zero-order valence-electron chi connectivity index (χ0n) is 10.9. The van der Waals surface area contributed by atoms with Gasteiger partial charge in [-0.25, -0.2) is 0 Å². The van der Waals surface area contributed by atoms with Crippen LogP contribution in [0.4, 0.5) is 0 Å². The van der Waals surface area contributed by atoms with Crippen molar-refractivity contribution in [2.45, 2.75) is 29.7 Å². The molecule has 0 atom stereocenters. The Morgan fingerprint density at radius 1 is 1.21 bits per heavy atom. The highest BCUT2D eigenvalue weighted by Crippen LogP contribution is 2.33. The SMILES string of the molecule is CCCNCc1ccc(Sc2ccncc2)c(Cl)c1. The largest absolute Gasteiger partial charge is 0.313 e. The lowest BCUT2D eigenvalue weighted by molar-refractivity contribution is 0.675. The predicted molar refractivity (Wildman–Crippen MR) is 81.8 cm³/mol. The number of nitrogens with zero attached hydrogens (tertiary/aromatic N) is 1. The summed E-state index contributed by atoms with van der Waals surface area (Å²) in [5, 5.41) is 4.18. The van der Waals surface area contributed by atoms with Crippen LogP contribution in [-0.2, 0) is 6.54 Å². The molecule has 0 aliphatic rings. The maximum atomic E-state index is 6.33. The zero-order valence-corrected chi connectivity index (χ0v) is 12.5. The van der Waals surface area contributed by atoms with Crippen molar-refractivity contribution in [1.29, 1.82) is 0 Å². The highest BCUT2D eigenvalue weighted by atomic mass is 35.5. The highest BCUT2D eigenvalue weighted by molar-refractivity contribution is 7.99. The highest BCUT2D eigenvalue weighted by Gasteiger charge is 2.04. The van der Waals surface area contributed by atoms with Crippen molar-refractivity contribution in [3.05, 3.63) is 53.3 Å². The fourth-order valence-electron chi connectivity index (χ4n) is 1.68. The van der Waals surface area contributed by atoms with E-state index >= 15 is 0 Å². The van der Waals surface area contributed by atoms with Crippen LogP contribution in [0.15, 0.2) is 52.5 Å². The molecule has 0 saturated heterocycles. The zero-order chi connectivity index (χ0) is 13.5. The summed E-state index contributed by atoms with van der Waals surface area (Å²) in [6.07, 6.45) is 4.72. The molecule has 1 N–H and O–H groups in total. The van der Waals surface area contributed by atoms with E-state index in [0.29, 0.717) is 0 Å². The van der Waals surface area contributed by atoms with Gasteiger partial charge in [0.1, 0.15) is 0 Å². The number of hydrogen-bond acceptors (Lipinski definition) is 3. The van der Waals surface area contributed by atoms with Gasteiger partial charge in [0.05, 0.1) is 5.02 Å². The second-order valence-corrected chi connectivity index (χ2v) is 5.75. The molecule has 0 fully saturated rings. The molecule has 0 aliphatic heterocycles. The van der Waals surface area contributed by atoms with E-state index in [2.05, 4.69) is 29.4 Å². The fourth-order valence-corrected chi connectivity index (χ4v) is 2.80. The van der Waals surface area contributed by atoms with E-state index in [1.54, 1.807) is 24.2 Å². The van der Waals surface area contributed by atoms with Crippen molar-refractivity contribution >= 4 is 23.4 Å². The summed E-state index contributed by atoms with van der Waals surface area (Å²) in [7, 11) is 0. The number of aromatic nitrogens is 1. The smallest absolute Gasteiger partial charge is 0.0548 e. The van der Waals surface area contributed by atoms with Crippen LogP contribution in [0.3, 0.4) is 0 Å².